The maximum atomic E-state index is 12.1. The molecule has 2 aromatic rings. The van der Waals surface area contributed by atoms with E-state index in [1.54, 1.807) is 11.8 Å². The van der Waals surface area contributed by atoms with Gasteiger partial charge in [-0.05, 0) is 38.8 Å². The van der Waals surface area contributed by atoms with Gasteiger partial charge in [-0.1, -0.05) is 23.8 Å². The molecule has 0 radical (unpaired) electrons. The molecule has 21 heavy (non-hydrogen) atoms. The lowest BCUT2D eigenvalue weighted by Gasteiger charge is -2.20. The number of hydrogen-bond acceptors (Lipinski definition) is 3. The Morgan fingerprint density at radius 1 is 1.24 bits per heavy atom. The fraction of sp³-hybridized carbons (Fsp3) is 0.375. The zero-order chi connectivity index (χ0) is 15.1. The lowest BCUT2D eigenvalue weighted by Crippen LogP contribution is -2.21. The van der Waals surface area contributed by atoms with Crippen LogP contribution in [0.25, 0.3) is 0 Å². The average molecular weight is 301 g/mol. The van der Waals surface area contributed by atoms with Gasteiger partial charge in [-0.15, -0.1) is 11.8 Å². The first-order valence-corrected chi connectivity index (χ1v) is 8.00. The standard InChI is InChI=1S/C16H19N3OS/c1-8-5-6-9(2)12(7-8)14-13-10(3)18-19-15(13)17-16(20)11(4)21-14/h5-7,11,14H,1-4H3,(H2,17,18,19,20)/t11-,14+/m0/s1. The molecule has 2 N–H and O–H groups in total. The number of thioether (sulfide) groups is 1. The van der Waals surface area contributed by atoms with Gasteiger partial charge in [0.1, 0.15) is 0 Å². The number of H-pyrrole nitrogens is 1. The fourth-order valence-corrected chi connectivity index (χ4v) is 4.09. The summed E-state index contributed by atoms with van der Waals surface area (Å²) in [6.45, 7) is 8.17. The van der Waals surface area contributed by atoms with Crippen LogP contribution in [0.4, 0.5) is 5.82 Å². The van der Waals surface area contributed by atoms with E-state index >= 15 is 0 Å². The van der Waals surface area contributed by atoms with Gasteiger partial charge in [0.2, 0.25) is 5.91 Å². The lowest BCUT2D eigenvalue weighted by atomic mass is 9.98. The molecule has 1 aliphatic rings. The molecule has 0 aliphatic carbocycles. The maximum absolute atomic E-state index is 12.1. The number of aromatic amines is 1. The maximum Gasteiger partial charge on any atom is 0.238 e. The average Bonchev–Trinajstić information content (AvgIpc) is 2.73. The monoisotopic (exact) mass is 301 g/mol. The Morgan fingerprint density at radius 3 is 2.76 bits per heavy atom. The number of nitrogens with one attached hydrogen (secondary N) is 2. The second-order valence-electron chi connectivity index (χ2n) is 5.62. The summed E-state index contributed by atoms with van der Waals surface area (Å²) < 4.78 is 0. The number of aryl methyl sites for hydroxylation is 3. The summed E-state index contributed by atoms with van der Waals surface area (Å²) in [6.07, 6.45) is 0. The smallest absolute Gasteiger partial charge is 0.238 e. The molecule has 1 aromatic carbocycles. The molecule has 1 aromatic heterocycles. The number of anilines is 1. The van der Waals surface area contributed by atoms with Crippen LogP contribution in [-0.2, 0) is 4.79 Å². The summed E-state index contributed by atoms with van der Waals surface area (Å²) in [4.78, 5) is 12.1. The number of fused-ring (bicyclic) bond motifs is 1. The SMILES string of the molecule is Cc1ccc(C)c([C@H]2S[C@@H](C)C(=O)Nc3n[nH]c(C)c32)c1. The normalized spacial score (nSPS) is 21.6. The van der Waals surface area contributed by atoms with Crippen LogP contribution < -0.4 is 5.32 Å². The molecule has 1 amide bonds. The van der Waals surface area contributed by atoms with Crippen LogP contribution in [0.1, 0.15) is 40.1 Å². The molecule has 0 bridgehead atoms. The van der Waals surface area contributed by atoms with Gasteiger partial charge in [-0.2, -0.15) is 5.10 Å². The number of benzene rings is 1. The Morgan fingerprint density at radius 2 is 2.00 bits per heavy atom. The highest BCUT2D eigenvalue weighted by atomic mass is 32.2. The van der Waals surface area contributed by atoms with Crippen molar-refractivity contribution in [1.82, 2.24) is 10.2 Å². The summed E-state index contributed by atoms with van der Waals surface area (Å²) in [7, 11) is 0. The Labute approximate surface area is 128 Å². The van der Waals surface area contributed by atoms with E-state index in [1.807, 2.05) is 13.8 Å². The summed E-state index contributed by atoms with van der Waals surface area (Å²) in [5, 5.41) is 10.2. The molecular weight excluding hydrogens is 282 g/mol. The molecule has 0 saturated carbocycles. The molecule has 0 saturated heterocycles. The van der Waals surface area contributed by atoms with E-state index in [2.05, 4.69) is 47.6 Å². The largest absolute Gasteiger partial charge is 0.308 e. The first-order chi connectivity index (χ1) is 9.97. The van der Waals surface area contributed by atoms with Crippen LogP contribution in [-0.4, -0.2) is 21.4 Å². The second-order valence-corrected chi connectivity index (χ2v) is 7.07. The Bertz CT molecular complexity index is 708. The molecule has 0 fully saturated rings. The number of nitrogens with zero attached hydrogens (tertiary/aromatic N) is 1. The number of carbonyl (C=O) groups excluding carboxylic acids is 1. The molecule has 110 valence electrons. The number of amides is 1. The van der Waals surface area contributed by atoms with Gasteiger partial charge in [0.15, 0.2) is 5.82 Å². The van der Waals surface area contributed by atoms with Gasteiger partial charge >= 0.3 is 0 Å². The molecule has 1 aliphatic heterocycles. The number of rotatable bonds is 1. The van der Waals surface area contributed by atoms with Gasteiger partial charge in [-0.25, -0.2) is 0 Å². The first-order valence-electron chi connectivity index (χ1n) is 7.05. The van der Waals surface area contributed by atoms with Gasteiger partial charge in [0, 0.05) is 11.3 Å². The van der Waals surface area contributed by atoms with Gasteiger partial charge in [0.25, 0.3) is 0 Å². The van der Waals surface area contributed by atoms with E-state index in [1.165, 1.54) is 16.7 Å². The van der Waals surface area contributed by atoms with E-state index in [0.29, 0.717) is 5.82 Å². The van der Waals surface area contributed by atoms with Crippen molar-refractivity contribution in [3.8, 4) is 0 Å². The topological polar surface area (TPSA) is 57.8 Å². The van der Waals surface area contributed by atoms with Gasteiger partial charge in [-0.3, -0.25) is 9.89 Å². The van der Waals surface area contributed by atoms with E-state index in [4.69, 9.17) is 0 Å². The van der Waals surface area contributed by atoms with Crippen molar-refractivity contribution in [3.63, 3.8) is 0 Å². The van der Waals surface area contributed by atoms with Crippen LogP contribution in [0.2, 0.25) is 0 Å². The fourth-order valence-electron chi connectivity index (χ4n) is 2.68. The van der Waals surface area contributed by atoms with Gasteiger partial charge < -0.3 is 5.32 Å². The second kappa shape index (κ2) is 5.22. The van der Waals surface area contributed by atoms with Crippen LogP contribution in [0.15, 0.2) is 18.2 Å². The molecule has 4 nitrogen and oxygen atoms in total. The van der Waals surface area contributed by atoms with Crippen molar-refractivity contribution in [2.45, 2.75) is 38.2 Å². The zero-order valence-corrected chi connectivity index (χ0v) is 13.5. The molecule has 0 spiro atoms. The summed E-state index contributed by atoms with van der Waals surface area (Å²) in [5.74, 6) is 0.681. The van der Waals surface area contributed by atoms with E-state index in [0.717, 1.165) is 11.3 Å². The summed E-state index contributed by atoms with van der Waals surface area (Å²) in [5.41, 5.74) is 5.83. The summed E-state index contributed by atoms with van der Waals surface area (Å²) in [6, 6.07) is 6.48. The third-order valence-corrected chi connectivity index (χ3v) is 5.31. The van der Waals surface area contributed by atoms with E-state index in [-0.39, 0.29) is 16.4 Å². The number of carbonyl (C=O) groups is 1. The number of aromatic nitrogens is 2. The van der Waals surface area contributed by atoms with Crippen LogP contribution in [0.5, 0.6) is 0 Å². The van der Waals surface area contributed by atoms with Crippen LogP contribution >= 0.6 is 11.8 Å². The van der Waals surface area contributed by atoms with E-state index in [9.17, 15) is 4.79 Å². The van der Waals surface area contributed by atoms with Crippen molar-refractivity contribution in [2.75, 3.05) is 5.32 Å². The Kier molecular flexibility index (Phi) is 3.53. The van der Waals surface area contributed by atoms with Crippen LogP contribution in [0.3, 0.4) is 0 Å². The zero-order valence-electron chi connectivity index (χ0n) is 12.7. The third-order valence-electron chi connectivity index (χ3n) is 3.92. The first kappa shape index (κ1) is 14.2. The van der Waals surface area contributed by atoms with Crippen molar-refractivity contribution in [3.05, 3.63) is 46.1 Å². The minimum atomic E-state index is -0.108. The highest BCUT2D eigenvalue weighted by Crippen LogP contribution is 2.45. The molecule has 5 heteroatoms. The molecule has 2 atom stereocenters. The van der Waals surface area contributed by atoms with Crippen molar-refractivity contribution in [1.29, 1.82) is 0 Å². The quantitative estimate of drug-likeness (QED) is 0.847. The lowest BCUT2D eigenvalue weighted by molar-refractivity contribution is -0.115. The van der Waals surface area contributed by atoms with E-state index < -0.39 is 0 Å². The minimum Gasteiger partial charge on any atom is -0.308 e. The molecule has 3 rings (SSSR count). The Hall–Kier alpha value is -1.75. The molecule has 0 unspecified atom stereocenters. The predicted molar refractivity (Wildman–Crippen MR) is 86.8 cm³/mol. The highest BCUT2D eigenvalue weighted by Gasteiger charge is 2.32. The third kappa shape index (κ3) is 2.46. The van der Waals surface area contributed by atoms with Crippen LogP contribution in [0, 0.1) is 20.8 Å². The molecular formula is C16H19N3OS. The predicted octanol–water partition coefficient (Wildman–Crippen LogP) is 3.50. The highest BCUT2D eigenvalue weighted by molar-refractivity contribution is 8.01. The minimum absolute atomic E-state index is 0.0144. The van der Waals surface area contributed by atoms with Crippen molar-refractivity contribution in [2.24, 2.45) is 0 Å². The van der Waals surface area contributed by atoms with Crippen molar-refractivity contribution >= 4 is 23.5 Å². The van der Waals surface area contributed by atoms with Crippen molar-refractivity contribution < 1.29 is 4.79 Å². The summed E-state index contributed by atoms with van der Waals surface area (Å²) >= 11 is 1.68. The Balaban J connectivity index is 2.18. The number of hydrogen-bond donors (Lipinski definition) is 2. The molecule has 2 heterocycles. The van der Waals surface area contributed by atoms with Gasteiger partial charge in [0.05, 0.1) is 10.5 Å².